The first-order chi connectivity index (χ1) is 22.8. The van der Waals surface area contributed by atoms with Crippen molar-refractivity contribution in [3.8, 4) is 0 Å². The number of hydrogen-bond donors (Lipinski definition) is 0. The first-order valence-electron chi connectivity index (χ1n) is 15.0. The number of carbonyl (C=O) groups is 4. The predicted molar refractivity (Wildman–Crippen MR) is 166 cm³/mol. The molecule has 4 aromatic rings. The highest BCUT2D eigenvalue weighted by molar-refractivity contribution is 5.95. The zero-order chi connectivity index (χ0) is 32.9. The molecule has 10 nitrogen and oxygen atoms in total. The number of cyclic esters (lactones) is 1. The van der Waals surface area contributed by atoms with Crippen LogP contribution in [0.3, 0.4) is 0 Å². The number of ether oxygens (including phenoxy) is 2. The van der Waals surface area contributed by atoms with Gasteiger partial charge in [0, 0.05) is 12.8 Å². The third kappa shape index (κ3) is 6.21. The van der Waals surface area contributed by atoms with Crippen LogP contribution in [0, 0.1) is 6.57 Å². The predicted octanol–water partition coefficient (Wildman–Crippen LogP) is 5.51. The van der Waals surface area contributed by atoms with Gasteiger partial charge in [-0.15, -0.1) is 0 Å². The molecule has 2 fully saturated rings. The van der Waals surface area contributed by atoms with Crippen LogP contribution in [0.4, 0.5) is 0 Å². The Kier molecular flexibility index (Phi) is 8.82. The fourth-order valence-corrected chi connectivity index (χ4v) is 6.00. The Bertz CT molecular complexity index is 1720. The fraction of sp³-hybridized carbons (Fsp3) is 0.216. The van der Waals surface area contributed by atoms with Crippen molar-refractivity contribution in [3.63, 3.8) is 0 Å². The summed E-state index contributed by atoms with van der Waals surface area (Å²) in [6.45, 7) is 7.30. The molecule has 2 aliphatic heterocycles. The molecule has 2 saturated heterocycles. The molecule has 0 N–H and O–H groups in total. The lowest BCUT2D eigenvalue weighted by Gasteiger charge is -2.34. The molecule has 0 aromatic heterocycles. The van der Waals surface area contributed by atoms with Crippen molar-refractivity contribution in [2.45, 2.75) is 42.4 Å². The zero-order valence-electron chi connectivity index (χ0n) is 25.2. The van der Waals surface area contributed by atoms with Gasteiger partial charge in [0.05, 0.1) is 5.92 Å². The number of rotatable bonds is 10. The second kappa shape index (κ2) is 13.3. The van der Waals surface area contributed by atoms with Gasteiger partial charge in [-0.1, -0.05) is 121 Å². The fourth-order valence-electron chi connectivity index (χ4n) is 6.00. The van der Waals surface area contributed by atoms with Crippen molar-refractivity contribution in [1.82, 2.24) is 5.23 Å². The highest BCUT2D eigenvalue weighted by Gasteiger charge is 2.62. The lowest BCUT2D eigenvalue weighted by atomic mass is 9.76. The number of hydroxylamine groups is 2. The Morgan fingerprint density at radius 2 is 1.28 bits per heavy atom. The smallest absolute Gasteiger partial charge is 0.379 e. The first-order valence-corrected chi connectivity index (χ1v) is 15.0. The van der Waals surface area contributed by atoms with Gasteiger partial charge in [0.2, 0.25) is 5.60 Å². The molecule has 236 valence electrons. The van der Waals surface area contributed by atoms with Gasteiger partial charge in [-0.05, 0) is 27.5 Å². The molecule has 0 saturated carbocycles. The van der Waals surface area contributed by atoms with Gasteiger partial charge >= 0.3 is 29.4 Å². The lowest BCUT2D eigenvalue weighted by Crippen LogP contribution is -2.49. The van der Waals surface area contributed by atoms with Crippen LogP contribution in [0.25, 0.3) is 4.85 Å². The molecule has 0 bridgehead atoms. The average molecular weight is 631 g/mol. The zero-order valence-corrected chi connectivity index (χ0v) is 25.2. The van der Waals surface area contributed by atoms with Crippen molar-refractivity contribution in [1.29, 1.82) is 0 Å². The highest BCUT2D eigenvalue weighted by atomic mass is 17.0. The van der Waals surface area contributed by atoms with E-state index in [-0.39, 0.29) is 12.8 Å². The van der Waals surface area contributed by atoms with Gasteiger partial charge in [0.1, 0.15) is 6.42 Å². The minimum Gasteiger partial charge on any atom is -0.452 e. The highest BCUT2D eigenvalue weighted by Crippen LogP contribution is 2.45. The minimum atomic E-state index is -2.05. The van der Waals surface area contributed by atoms with Gasteiger partial charge in [-0.25, -0.2) is 16.2 Å². The number of esters is 2. The third-order valence-electron chi connectivity index (χ3n) is 8.33. The SMILES string of the molecule is [C-]#[N+]C1(CC(=O)OC(c2ccccc2)c2ccccc2)CON(OC(=O)C2(C(c3ccccc3)c3ccccc3)CCC(=O)O2)C1=O. The van der Waals surface area contributed by atoms with Crippen LogP contribution in [0.15, 0.2) is 121 Å². The molecule has 1 amide bonds. The van der Waals surface area contributed by atoms with Crippen LogP contribution in [-0.4, -0.2) is 46.8 Å². The van der Waals surface area contributed by atoms with Crippen LogP contribution >= 0.6 is 0 Å². The summed E-state index contributed by atoms with van der Waals surface area (Å²) in [4.78, 5) is 68.0. The molecule has 10 heteroatoms. The van der Waals surface area contributed by atoms with Crippen LogP contribution in [0.2, 0.25) is 0 Å². The number of hydrogen-bond acceptors (Lipinski definition) is 8. The van der Waals surface area contributed by atoms with Crippen molar-refractivity contribution in [2.24, 2.45) is 0 Å². The van der Waals surface area contributed by atoms with E-state index in [4.69, 9.17) is 25.7 Å². The van der Waals surface area contributed by atoms with Crippen LogP contribution in [-0.2, 0) is 38.3 Å². The van der Waals surface area contributed by atoms with Gasteiger partial charge in [0.15, 0.2) is 12.7 Å². The monoisotopic (exact) mass is 630 g/mol. The number of nitrogens with zero attached hydrogens (tertiary/aromatic N) is 2. The molecule has 2 atom stereocenters. The van der Waals surface area contributed by atoms with E-state index < -0.39 is 60.0 Å². The Hall–Kier alpha value is -5.79. The van der Waals surface area contributed by atoms with E-state index in [1.54, 1.807) is 24.3 Å². The molecule has 0 radical (unpaired) electrons. The summed E-state index contributed by atoms with van der Waals surface area (Å²) in [6, 6.07) is 36.3. The summed E-state index contributed by atoms with van der Waals surface area (Å²) in [5.41, 5.74) is -1.11. The summed E-state index contributed by atoms with van der Waals surface area (Å²) < 4.78 is 11.6. The maximum absolute atomic E-state index is 14.0. The number of benzene rings is 4. The molecule has 2 unspecified atom stereocenters. The van der Waals surface area contributed by atoms with Crippen LogP contribution in [0.5, 0.6) is 0 Å². The van der Waals surface area contributed by atoms with Crippen molar-refractivity contribution in [2.75, 3.05) is 6.61 Å². The summed E-state index contributed by atoms with van der Waals surface area (Å²) in [5, 5.41) is 0.320. The molecular weight excluding hydrogens is 600 g/mol. The van der Waals surface area contributed by atoms with E-state index in [1.165, 1.54) is 0 Å². The molecule has 0 spiro atoms. The Balaban J connectivity index is 1.23. The van der Waals surface area contributed by atoms with E-state index in [0.29, 0.717) is 27.5 Å². The number of amides is 1. The van der Waals surface area contributed by atoms with Crippen molar-refractivity contribution in [3.05, 3.63) is 155 Å². The Morgan fingerprint density at radius 3 is 1.72 bits per heavy atom. The third-order valence-corrected chi connectivity index (χ3v) is 8.33. The van der Waals surface area contributed by atoms with E-state index in [1.807, 2.05) is 97.1 Å². The summed E-state index contributed by atoms with van der Waals surface area (Å²) in [6.07, 6.45) is -1.52. The molecule has 6 rings (SSSR count). The van der Waals surface area contributed by atoms with Crippen LogP contribution < -0.4 is 0 Å². The Labute approximate surface area is 271 Å². The first kappa shape index (κ1) is 31.2. The normalized spacial score (nSPS) is 20.6. The molecule has 4 aromatic carbocycles. The molecular formula is C37H30N2O8. The maximum Gasteiger partial charge on any atom is 0.379 e. The standard InChI is InChI=1S/C37H30N2O8/c1-38-36(24-31(41)45-33(28-18-10-4-11-19-28)29-20-12-5-13-21-29)25-44-39(34(36)42)47-35(43)37(23-22-30(40)46-37)32(26-14-6-2-7-15-26)27-16-8-3-9-17-27/h2-21,32-33H,22-25H2. The summed E-state index contributed by atoms with van der Waals surface area (Å²) >= 11 is 0. The van der Waals surface area contributed by atoms with Gasteiger partial charge in [-0.3, -0.25) is 19.2 Å². The van der Waals surface area contributed by atoms with Crippen molar-refractivity contribution < 1.29 is 38.3 Å². The lowest BCUT2D eigenvalue weighted by molar-refractivity contribution is -0.310. The minimum absolute atomic E-state index is 0.0260. The van der Waals surface area contributed by atoms with E-state index in [9.17, 15) is 19.2 Å². The topological polar surface area (TPSA) is 113 Å². The quantitative estimate of drug-likeness (QED) is 0.167. The number of carbonyl (C=O) groups excluding carboxylic acids is 4. The summed E-state index contributed by atoms with van der Waals surface area (Å²) in [7, 11) is 0. The van der Waals surface area contributed by atoms with E-state index in [0.717, 1.165) is 0 Å². The van der Waals surface area contributed by atoms with Gasteiger partial charge in [-0.2, -0.15) is 0 Å². The largest absolute Gasteiger partial charge is 0.452 e. The van der Waals surface area contributed by atoms with Crippen molar-refractivity contribution >= 4 is 23.8 Å². The Morgan fingerprint density at radius 1 is 0.787 bits per heavy atom. The molecule has 47 heavy (non-hydrogen) atoms. The van der Waals surface area contributed by atoms with E-state index >= 15 is 0 Å². The summed E-state index contributed by atoms with van der Waals surface area (Å²) in [5.74, 6) is -4.30. The maximum atomic E-state index is 14.0. The van der Waals surface area contributed by atoms with Gasteiger partial charge in [0.25, 0.3) is 0 Å². The van der Waals surface area contributed by atoms with E-state index in [2.05, 4.69) is 4.85 Å². The van der Waals surface area contributed by atoms with Gasteiger partial charge < -0.3 is 14.3 Å². The molecule has 2 heterocycles. The molecule has 2 aliphatic rings. The molecule has 0 aliphatic carbocycles. The second-order valence-corrected chi connectivity index (χ2v) is 11.3. The van der Waals surface area contributed by atoms with Crippen LogP contribution in [0.1, 0.15) is 53.5 Å². The second-order valence-electron chi connectivity index (χ2n) is 11.3. The average Bonchev–Trinajstić information content (AvgIpc) is 3.65.